The number of aliphatic hydroxyl groups is 1. The van der Waals surface area contributed by atoms with Crippen molar-refractivity contribution in [3.8, 4) is 5.75 Å². The van der Waals surface area contributed by atoms with Gasteiger partial charge in [-0.2, -0.15) is 0 Å². The summed E-state index contributed by atoms with van der Waals surface area (Å²) in [4.78, 5) is 12.2. The Balaban J connectivity index is 0.00000242. The van der Waals surface area contributed by atoms with Crippen LogP contribution in [0.4, 0.5) is 11.4 Å². The third-order valence-corrected chi connectivity index (χ3v) is 3.21. The fraction of sp³-hybridized carbons (Fsp3) is 0.538. The Morgan fingerprint density at radius 2 is 2.14 bits per heavy atom. The van der Waals surface area contributed by atoms with Gasteiger partial charge in [0.2, 0.25) is 0 Å². The number of morpholine rings is 1. The molecule has 9 heteroatoms. The molecule has 8 nitrogen and oxygen atoms in total. The van der Waals surface area contributed by atoms with Gasteiger partial charge in [0.05, 0.1) is 23.8 Å². The summed E-state index contributed by atoms with van der Waals surface area (Å²) in [5, 5.41) is 20.5. The molecule has 1 aliphatic rings. The summed E-state index contributed by atoms with van der Waals surface area (Å²) in [6.45, 7) is 3.49. The molecule has 0 amide bonds. The lowest BCUT2D eigenvalue weighted by atomic mass is 10.2. The van der Waals surface area contributed by atoms with Gasteiger partial charge in [0, 0.05) is 31.8 Å². The highest BCUT2D eigenvalue weighted by molar-refractivity contribution is 5.85. The number of nitrogens with zero attached hydrogens (tertiary/aromatic N) is 2. The van der Waals surface area contributed by atoms with Gasteiger partial charge in [-0.15, -0.1) is 12.4 Å². The van der Waals surface area contributed by atoms with Crippen LogP contribution in [0.3, 0.4) is 0 Å². The van der Waals surface area contributed by atoms with Crippen molar-refractivity contribution in [2.45, 2.75) is 6.10 Å². The fourth-order valence-corrected chi connectivity index (χ4v) is 2.10. The summed E-state index contributed by atoms with van der Waals surface area (Å²) in [5.41, 5.74) is 5.79. The van der Waals surface area contributed by atoms with Crippen molar-refractivity contribution < 1.29 is 19.5 Å². The van der Waals surface area contributed by atoms with Crippen LogP contribution in [-0.4, -0.2) is 60.5 Å². The highest BCUT2D eigenvalue weighted by Gasteiger charge is 2.16. The molecule has 0 saturated carbocycles. The molecule has 1 aromatic carbocycles. The maximum atomic E-state index is 10.6. The van der Waals surface area contributed by atoms with Gasteiger partial charge in [0.1, 0.15) is 18.5 Å². The van der Waals surface area contributed by atoms with E-state index < -0.39 is 11.0 Å². The molecule has 3 N–H and O–H groups in total. The molecule has 0 radical (unpaired) electrons. The molecule has 2 rings (SSSR count). The number of halogens is 1. The largest absolute Gasteiger partial charge is 0.489 e. The first kappa shape index (κ1) is 18.4. The quantitative estimate of drug-likeness (QED) is 0.447. The second kappa shape index (κ2) is 8.74. The number of benzene rings is 1. The summed E-state index contributed by atoms with van der Waals surface area (Å²) >= 11 is 0. The number of rotatable bonds is 6. The standard InChI is InChI=1S/C13H19N3O5.ClH/c14-12-7-10(16(18)19)1-2-13(12)21-9-11(17)8-15-3-5-20-6-4-15;/h1-2,7,11,17H,3-6,8-9,14H2;1H. The number of hydrogen-bond donors (Lipinski definition) is 2. The zero-order chi connectivity index (χ0) is 15.2. The van der Waals surface area contributed by atoms with Crippen molar-refractivity contribution in [2.75, 3.05) is 45.2 Å². The topological polar surface area (TPSA) is 111 Å². The molecule has 1 aliphatic heterocycles. The van der Waals surface area contributed by atoms with E-state index >= 15 is 0 Å². The van der Waals surface area contributed by atoms with Gasteiger partial charge < -0.3 is 20.3 Å². The van der Waals surface area contributed by atoms with Crippen LogP contribution in [0, 0.1) is 10.1 Å². The third kappa shape index (κ3) is 5.30. The summed E-state index contributed by atoms with van der Waals surface area (Å²) in [6, 6.07) is 4.00. The number of nitrogens with two attached hydrogens (primary N) is 1. The lowest BCUT2D eigenvalue weighted by molar-refractivity contribution is -0.384. The second-order valence-corrected chi connectivity index (χ2v) is 4.86. The van der Waals surface area contributed by atoms with Crippen molar-refractivity contribution in [1.29, 1.82) is 0 Å². The number of nitro benzene ring substituents is 1. The van der Waals surface area contributed by atoms with Gasteiger partial charge in [-0.3, -0.25) is 15.0 Å². The Bertz CT molecular complexity index is 497. The molecular weight excluding hydrogens is 314 g/mol. The van der Waals surface area contributed by atoms with Crippen LogP contribution in [0.2, 0.25) is 0 Å². The van der Waals surface area contributed by atoms with E-state index in [1.807, 2.05) is 0 Å². The Hall–Kier alpha value is -1.61. The second-order valence-electron chi connectivity index (χ2n) is 4.86. The highest BCUT2D eigenvalue weighted by atomic mass is 35.5. The predicted octanol–water partition coefficient (Wildman–Crippen LogP) is 0.671. The van der Waals surface area contributed by atoms with E-state index in [1.165, 1.54) is 18.2 Å². The van der Waals surface area contributed by atoms with Crippen molar-refractivity contribution in [1.82, 2.24) is 4.90 Å². The maximum absolute atomic E-state index is 10.6. The smallest absolute Gasteiger partial charge is 0.271 e. The molecule has 1 heterocycles. The normalized spacial score (nSPS) is 16.6. The number of β-amino-alcohol motifs (C(OH)–C–C–N with tert-alkyl or cyclic N) is 1. The Morgan fingerprint density at radius 3 is 2.73 bits per heavy atom. The zero-order valence-corrected chi connectivity index (χ0v) is 12.8. The van der Waals surface area contributed by atoms with Crippen LogP contribution < -0.4 is 10.5 Å². The van der Waals surface area contributed by atoms with E-state index in [0.29, 0.717) is 25.5 Å². The van der Waals surface area contributed by atoms with Crippen molar-refractivity contribution in [3.05, 3.63) is 28.3 Å². The van der Waals surface area contributed by atoms with Crippen molar-refractivity contribution in [2.24, 2.45) is 0 Å². The van der Waals surface area contributed by atoms with Crippen LogP contribution in [-0.2, 0) is 4.74 Å². The van der Waals surface area contributed by atoms with Crippen LogP contribution in [0.25, 0.3) is 0 Å². The van der Waals surface area contributed by atoms with E-state index in [2.05, 4.69) is 4.90 Å². The van der Waals surface area contributed by atoms with E-state index in [0.717, 1.165) is 13.1 Å². The molecule has 0 bridgehead atoms. The highest BCUT2D eigenvalue weighted by Crippen LogP contribution is 2.26. The molecule has 1 saturated heterocycles. The molecule has 0 spiro atoms. The SMILES string of the molecule is Cl.Nc1cc([N+](=O)[O-])ccc1OCC(O)CN1CCOCC1. The molecule has 1 fully saturated rings. The monoisotopic (exact) mass is 333 g/mol. The van der Waals surface area contributed by atoms with Crippen molar-refractivity contribution in [3.63, 3.8) is 0 Å². The number of hydrogen-bond acceptors (Lipinski definition) is 7. The minimum absolute atomic E-state index is 0. The van der Waals surface area contributed by atoms with E-state index in [-0.39, 0.29) is 30.4 Å². The van der Waals surface area contributed by atoms with E-state index in [4.69, 9.17) is 15.2 Å². The lowest BCUT2D eigenvalue weighted by Gasteiger charge is -2.28. The predicted molar refractivity (Wildman–Crippen MR) is 83.5 cm³/mol. The maximum Gasteiger partial charge on any atom is 0.271 e. The third-order valence-electron chi connectivity index (χ3n) is 3.21. The van der Waals surface area contributed by atoms with Gasteiger partial charge >= 0.3 is 0 Å². The Kier molecular flexibility index (Phi) is 7.33. The first-order chi connectivity index (χ1) is 10.1. The molecule has 0 aromatic heterocycles. The average molecular weight is 334 g/mol. The number of nitrogen functional groups attached to an aromatic ring is 1. The summed E-state index contributed by atoms with van der Waals surface area (Å²) in [7, 11) is 0. The minimum atomic E-state index is -0.655. The first-order valence-corrected chi connectivity index (χ1v) is 6.71. The van der Waals surface area contributed by atoms with Crippen LogP contribution in [0.15, 0.2) is 18.2 Å². The van der Waals surface area contributed by atoms with Crippen LogP contribution >= 0.6 is 12.4 Å². The van der Waals surface area contributed by atoms with Crippen LogP contribution in [0.5, 0.6) is 5.75 Å². The number of non-ortho nitro benzene ring substituents is 1. The molecule has 22 heavy (non-hydrogen) atoms. The molecule has 124 valence electrons. The summed E-state index contributed by atoms with van der Waals surface area (Å²) in [5.74, 6) is 0.335. The van der Waals surface area contributed by atoms with Gasteiger partial charge in [-0.1, -0.05) is 0 Å². The zero-order valence-electron chi connectivity index (χ0n) is 12.0. The van der Waals surface area contributed by atoms with Crippen molar-refractivity contribution >= 4 is 23.8 Å². The lowest BCUT2D eigenvalue weighted by Crippen LogP contribution is -2.42. The molecular formula is C13H20ClN3O5. The number of aliphatic hydroxyl groups excluding tert-OH is 1. The van der Waals surface area contributed by atoms with Gasteiger partial charge in [0.15, 0.2) is 0 Å². The van der Waals surface area contributed by atoms with Gasteiger partial charge in [0.25, 0.3) is 5.69 Å². The summed E-state index contributed by atoms with van der Waals surface area (Å²) in [6.07, 6.45) is -0.655. The van der Waals surface area contributed by atoms with E-state index in [1.54, 1.807) is 0 Å². The van der Waals surface area contributed by atoms with E-state index in [9.17, 15) is 15.2 Å². The molecule has 1 unspecified atom stereocenters. The van der Waals surface area contributed by atoms with Crippen LogP contribution in [0.1, 0.15) is 0 Å². The first-order valence-electron chi connectivity index (χ1n) is 6.71. The molecule has 1 atom stereocenters. The van der Waals surface area contributed by atoms with Gasteiger partial charge in [-0.05, 0) is 6.07 Å². The number of ether oxygens (including phenoxy) is 2. The Labute approximate surface area is 134 Å². The summed E-state index contributed by atoms with van der Waals surface area (Å²) < 4.78 is 10.7. The molecule has 1 aromatic rings. The minimum Gasteiger partial charge on any atom is -0.489 e. The Morgan fingerprint density at radius 1 is 1.45 bits per heavy atom. The van der Waals surface area contributed by atoms with Gasteiger partial charge in [-0.25, -0.2) is 0 Å². The number of anilines is 1. The number of nitro groups is 1. The average Bonchev–Trinajstić information content (AvgIpc) is 2.47. The fourth-order valence-electron chi connectivity index (χ4n) is 2.10. The molecule has 0 aliphatic carbocycles.